The molecule has 11 heavy (non-hydrogen) atoms. The minimum Gasteiger partial charge on any atom is -0.251 e. The number of hydrogen-bond donors (Lipinski definition) is 1. The second-order valence-electron chi connectivity index (χ2n) is 2.30. The first-order valence-electron chi connectivity index (χ1n) is 3.29. The molecule has 1 N–H and O–H groups in total. The van der Waals surface area contributed by atoms with Crippen LogP contribution in [0.15, 0.2) is 24.3 Å². The summed E-state index contributed by atoms with van der Waals surface area (Å²) >= 11 is 0. The van der Waals surface area contributed by atoms with E-state index in [4.69, 9.17) is 5.26 Å². The van der Waals surface area contributed by atoms with Crippen molar-refractivity contribution in [3.63, 3.8) is 0 Å². The van der Waals surface area contributed by atoms with Gasteiger partial charge in [0.05, 0.1) is 0 Å². The van der Waals surface area contributed by atoms with Crippen molar-refractivity contribution in [1.29, 1.82) is 0 Å². The molecule has 2 nitrogen and oxygen atoms in total. The molecule has 1 aromatic carbocycles. The van der Waals surface area contributed by atoms with E-state index in [0.717, 1.165) is 5.56 Å². The fraction of sp³-hybridized carbons (Fsp3) is 0.250. The van der Waals surface area contributed by atoms with Crippen LogP contribution in [0.5, 0.6) is 0 Å². The van der Waals surface area contributed by atoms with Crippen molar-refractivity contribution in [2.75, 3.05) is 0 Å². The summed E-state index contributed by atoms with van der Waals surface area (Å²) in [7, 11) is 0. The van der Waals surface area contributed by atoms with E-state index in [9.17, 15) is 4.39 Å². The quantitative estimate of drug-likeness (QED) is 0.526. The van der Waals surface area contributed by atoms with Gasteiger partial charge in [0.1, 0.15) is 11.9 Å². The molecule has 0 aliphatic heterocycles. The second kappa shape index (κ2) is 3.46. The smallest absolute Gasteiger partial charge is 0.123 e. The zero-order valence-corrected chi connectivity index (χ0v) is 6.12. The highest BCUT2D eigenvalue weighted by atomic mass is 19.1. The molecule has 1 rings (SSSR count). The van der Waals surface area contributed by atoms with Gasteiger partial charge in [-0.05, 0) is 24.6 Å². The van der Waals surface area contributed by atoms with Crippen molar-refractivity contribution in [2.24, 2.45) is 0 Å². The van der Waals surface area contributed by atoms with Gasteiger partial charge in [-0.1, -0.05) is 12.1 Å². The number of halogens is 1. The Hall–Kier alpha value is -0.930. The van der Waals surface area contributed by atoms with Crippen LogP contribution >= 0.6 is 0 Å². The summed E-state index contributed by atoms with van der Waals surface area (Å²) in [6.07, 6.45) is -0.407. The molecule has 0 unspecified atom stereocenters. The van der Waals surface area contributed by atoms with E-state index >= 15 is 0 Å². The topological polar surface area (TPSA) is 29.5 Å². The molecular formula is C8H9FO2. The summed E-state index contributed by atoms with van der Waals surface area (Å²) in [4.78, 5) is 4.05. The molecule has 0 saturated carbocycles. The molecule has 1 atom stereocenters. The molecule has 0 aromatic heterocycles. The van der Waals surface area contributed by atoms with Gasteiger partial charge in [0.25, 0.3) is 0 Å². The van der Waals surface area contributed by atoms with Crippen LogP contribution in [0.4, 0.5) is 4.39 Å². The minimum atomic E-state index is -0.407. The van der Waals surface area contributed by atoms with Gasteiger partial charge in [-0.25, -0.2) is 9.28 Å². The van der Waals surface area contributed by atoms with Gasteiger partial charge in [-0.3, -0.25) is 5.26 Å². The fourth-order valence-electron chi connectivity index (χ4n) is 0.795. The Balaban J connectivity index is 2.81. The number of benzene rings is 1. The summed E-state index contributed by atoms with van der Waals surface area (Å²) in [5, 5.41) is 8.26. The van der Waals surface area contributed by atoms with Crippen molar-refractivity contribution in [3.8, 4) is 0 Å². The lowest BCUT2D eigenvalue weighted by atomic mass is 10.1. The summed E-state index contributed by atoms with van der Waals surface area (Å²) < 4.78 is 12.4. The minimum absolute atomic E-state index is 0.293. The monoisotopic (exact) mass is 156 g/mol. The average molecular weight is 156 g/mol. The lowest BCUT2D eigenvalue weighted by Crippen LogP contribution is -1.95. The largest absolute Gasteiger partial charge is 0.251 e. The molecule has 0 bridgehead atoms. The maximum Gasteiger partial charge on any atom is 0.123 e. The van der Waals surface area contributed by atoms with Crippen LogP contribution in [-0.4, -0.2) is 5.26 Å². The number of hydrogen-bond acceptors (Lipinski definition) is 2. The predicted octanol–water partition coefficient (Wildman–Crippen LogP) is 2.38. The van der Waals surface area contributed by atoms with Crippen molar-refractivity contribution in [2.45, 2.75) is 13.0 Å². The first kappa shape index (κ1) is 8.17. The zero-order chi connectivity index (χ0) is 8.27. The van der Waals surface area contributed by atoms with Crippen LogP contribution in [0, 0.1) is 5.82 Å². The maximum atomic E-state index is 12.4. The van der Waals surface area contributed by atoms with Crippen molar-refractivity contribution in [3.05, 3.63) is 35.6 Å². The van der Waals surface area contributed by atoms with Crippen LogP contribution in [0.1, 0.15) is 18.6 Å². The molecule has 0 fully saturated rings. The third-order valence-electron chi connectivity index (χ3n) is 1.50. The Labute approximate surface area is 64.2 Å². The number of rotatable bonds is 2. The third-order valence-corrected chi connectivity index (χ3v) is 1.50. The van der Waals surface area contributed by atoms with Gasteiger partial charge in [0.15, 0.2) is 0 Å². The molecule has 0 saturated heterocycles. The van der Waals surface area contributed by atoms with E-state index < -0.39 is 6.10 Å². The van der Waals surface area contributed by atoms with Crippen LogP contribution in [0.3, 0.4) is 0 Å². The Morgan fingerprint density at radius 2 is 1.91 bits per heavy atom. The highest BCUT2D eigenvalue weighted by Crippen LogP contribution is 2.14. The molecule has 1 aromatic rings. The SMILES string of the molecule is C[C@H](OO)c1ccc(F)cc1. The summed E-state index contributed by atoms with van der Waals surface area (Å²) in [6.45, 7) is 1.67. The molecule has 0 amide bonds. The zero-order valence-electron chi connectivity index (χ0n) is 6.12. The summed E-state index contributed by atoms with van der Waals surface area (Å²) in [5.41, 5.74) is 0.744. The van der Waals surface area contributed by atoms with Crippen molar-refractivity contribution in [1.82, 2.24) is 0 Å². The molecule has 0 radical (unpaired) electrons. The van der Waals surface area contributed by atoms with E-state index in [2.05, 4.69) is 4.89 Å². The normalized spacial score (nSPS) is 13.0. The second-order valence-corrected chi connectivity index (χ2v) is 2.30. The van der Waals surface area contributed by atoms with Crippen LogP contribution in [0.25, 0.3) is 0 Å². The molecule has 0 aliphatic carbocycles. The Morgan fingerprint density at radius 3 is 2.36 bits per heavy atom. The summed E-state index contributed by atoms with van der Waals surface area (Å²) in [6, 6.07) is 5.78. The van der Waals surface area contributed by atoms with E-state index in [1.54, 1.807) is 19.1 Å². The van der Waals surface area contributed by atoms with Crippen LogP contribution < -0.4 is 0 Å². The Kier molecular flexibility index (Phi) is 2.57. The maximum absolute atomic E-state index is 12.4. The molecule has 0 heterocycles. The highest BCUT2D eigenvalue weighted by Gasteiger charge is 2.03. The fourth-order valence-corrected chi connectivity index (χ4v) is 0.795. The molecule has 0 aliphatic rings. The molecular weight excluding hydrogens is 147 g/mol. The Morgan fingerprint density at radius 1 is 1.36 bits per heavy atom. The van der Waals surface area contributed by atoms with Crippen molar-refractivity contribution < 1.29 is 14.5 Å². The Bertz CT molecular complexity index is 220. The molecule has 0 spiro atoms. The predicted molar refractivity (Wildman–Crippen MR) is 38.5 cm³/mol. The van der Waals surface area contributed by atoms with Gasteiger partial charge in [0.2, 0.25) is 0 Å². The third kappa shape index (κ3) is 2.00. The van der Waals surface area contributed by atoms with E-state index in [0.29, 0.717) is 0 Å². The molecule has 60 valence electrons. The molecule has 3 heteroatoms. The average Bonchev–Trinajstić information content (AvgIpc) is 2.05. The first-order chi connectivity index (χ1) is 5.24. The van der Waals surface area contributed by atoms with Gasteiger partial charge in [-0.2, -0.15) is 0 Å². The van der Waals surface area contributed by atoms with Gasteiger partial charge in [0, 0.05) is 0 Å². The van der Waals surface area contributed by atoms with Gasteiger partial charge >= 0.3 is 0 Å². The van der Waals surface area contributed by atoms with Gasteiger partial charge in [-0.15, -0.1) is 0 Å². The van der Waals surface area contributed by atoms with Gasteiger partial charge < -0.3 is 0 Å². The van der Waals surface area contributed by atoms with Crippen molar-refractivity contribution >= 4 is 0 Å². The van der Waals surface area contributed by atoms with Crippen LogP contribution in [-0.2, 0) is 4.89 Å². The summed E-state index contributed by atoms with van der Waals surface area (Å²) in [5.74, 6) is -0.293. The lowest BCUT2D eigenvalue weighted by molar-refractivity contribution is -0.277. The van der Waals surface area contributed by atoms with E-state index in [1.165, 1.54) is 12.1 Å². The van der Waals surface area contributed by atoms with E-state index in [-0.39, 0.29) is 5.82 Å². The standard InChI is InChI=1S/C8H9FO2/c1-6(11-10)7-2-4-8(9)5-3-7/h2-6,10H,1H3/t6-/m0/s1. The highest BCUT2D eigenvalue weighted by molar-refractivity contribution is 5.17. The lowest BCUT2D eigenvalue weighted by Gasteiger charge is -2.05. The van der Waals surface area contributed by atoms with Crippen LogP contribution in [0.2, 0.25) is 0 Å². The van der Waals surface area contributed by atoms with E-state index in [1.807, 2.05) is 0 Å². The first-order valence-corrected chi connectivity index (χ1v) is 3.29.